The fourth-order valence-electron chi connectivity index (χ4n) is 3.42. The molecule has 0 amide bonds. The molecule has 0 bridgehead atoms. The summed E-state index contributed by atoms with van der Waals surface area (Å²) in [6.07, 6.45) is 1.38. The molecule has 1 atom stereocenters. The molecule has 128 valence electrons. The molecule has 0 spiro atoms. The number of nitrogens with zero attached hydrogens (tertiary/aromatic N) is 1. The summed E-state index contributed by atoms with van der Waals surface area (Å²) < 4.78 is 42.1. The van der Waals surface area contributed by atoms with Crippen LogP contribution < -0.4 is 0 Å². The van der Waals surface area contributed by atoms with Crippen molar-refractivity contribution >= 4 is 10.0 Å². The fraction of sp³-hybridized carbons (Fsp3) is 0.368. The lowest BCUT2D eigenvalue weighted by Gasteiger charge is -2.26. The quantitative estimate of drug-likeness (QED) is 0.831. The maximum Gasteiger partial charge on any atom is 0.243 e. The van der Waals surface area contributed by atoms with E-state index in [0.717, 1.165) is 23.1 Å². The molecule has 3 rings (SSSR count). The van der Waals surface area contributed by atoms with E-state index in [4.69, 9.17) is 0 Å². The predicted molar refractivity (Wildman–Crippen MR) is 92.9 cm³/mol. The van der Waals surface area contributed by atoms with Crippen molar-refractivity contribution in [2.24, 2.45) is 0 Å². The molecule has 1 saturated heterocycles. The summed E-state index contributed by atoms with van der Waals surface area (Å²) in [6, 6.07) is 9.65. The van der Waals surface area contributed by atoms with Crippen molar-refractivity contribution in [1.29, 1.82) is 0 Å². The van der Waals surface area contributed by atoms with Crippen LogP contribution in [0.25, 0.3) is 0 Å². The van der Waals surface area contributed by atoms with Crippen molar-refractivity contribution in [2.75, 3.05) is 6.54 Å². The Labute approximate surface area is 143 Å². The third-order valence-electron chi connectivity index (χ3n) is 4.85. The van der Waals surface area contributed by atoms with E-state index in [2.05, 4.69) is 0 Å². The van der Waals surface area contributed by atoms with Crippen LogP contribution in [0.2, 0.25) is 0 Å². The lowest BCUT2D eigenvalue weighted by atomic mass is 10.1. The summed E-state index contributed by atoms with van der Waals surface area (Å²) in [5, 5.41) is 0. The average Bonchev–Trinajstić information content (AvgIpc) is 3.01. The maximum atomic E-state index is 14.2. The third kappa shape index (κ3) is 2.87. The number of halogens is 1. The monoisotopic (exact) mass is 347 g/mol. The highest BCUT2D eigenvalue weighted by Gasteiger charge is 2.38. The summed E-state index contributed by atoms with van der Waals surface area (Å²) >= 11 is 0. The van der Waals surface area contributed by atoms with E-state index in [9.17, 15) is 12.8 Å². The number of benzene rings is 2. The molecule has 3 nitrogen and oxygen atoms in total. The van der Waals surface area contributed by atoms with Gasteiger partial charge >= 0.3 is 0 Å². The van der Waals surface area contributed by atoms with E-state index >= 15 is 0 Å². The van der Waals surface area contributed by atoms with Crippen LogP contribution in [0.4, 0.5) is 4.39 Å². The Morgan fingerprint density at radius 2 is 1.71 bits per heavy atom. The first-order chi connectivity index (χ1) is 11.3. The van der Waals surface area contributed by atoms with E-state index < -0.39 is 16.1 Å². The van der Waals surface area contributed by atoms with Gasteiger partial charge in [-0.05, 0) is 62.4 Å². The van der Waals surface area contributed by atoms with Crippen LogP contribution in [-0.4, -0.2) is 19.3 Å². The molecule has 1 heterocycles. The van der Waals surface area contributed by atoms with E-state index in [1.807, 2.05) is 26.8 Å². The summed E-state index contributed by atoms with van der Waals surface area (Å²) in [4.78, 5) is 0.328. The van der Waals surface area contributed by atoms with Gasteiger partial charge in [0.15, 0.2) is 0 Å². The second-order valence-electron chi connectivity index (χ2n) is 6.50. The van der Waals surface area contributed by atoms with Crippen LogP contribution >= 0.6 is 0 Å². The second kappa shape index (κ2) is 6.30. The van der Waals surface area contributed by atoms with Crippen LogP contribution in [-0.2, 0) is 10.0 Å². The highest BCUT2D eigenvalue weighted by atomic mass is 32.2. The molecule has 1 aliphatic rings. The SMILES string of the molecule is Cc1cc(C)c(S(=O)(=O)N2CCCC2c2ccccc2F)cc1C. The summed E-state index contributed by atoms with van der Waals surface area (Å²) in [5.41, 5.74) is 3.21. The molecule has 0 aromatic heterocycles. The van der Waals surface area contributed by atoms with E-state index in [1.54, 1.807) is 24.3 Å². The zero-order valence-electron chi connectivity index (χ0n) is 14.2. The zero-order chi connectivity index (χ0) is 17.5. The lowest BCUT2D eigenvalue weighted by molar-refractivity contribution is 0.386. The smallest absolute Gasteiger partial charge is 0.207 e. The Morgan fingerprint density at radius 3 is 2.42 bits per heavy atom. The maximum absolute atomic E-state index is 14.2. The van der Waals surface area contributed by atoms with Gasteiger partial charge in [-0.15, -0.1) is 0 Å². The number of rotatable bonds is 3. The van der Waals surface area contributed by atoms with E-state index in [1.165, 1.54) is 10.4 Å². The summed E-state index contributed by atoms with van der Waals surface area (Å²) in [6.45, 7) is 6.12. The van der Waals surface area contributed by atoms with E-state index in [-0.39, 0.29) is 5.82 Å². The topological polar surface area (TPSA) is 37.4 Å². The second-order valence-corrected chi connectivity index (χ2v) is 8.36. The zero-order valence-corrected chi connectivity index (χ0v) is 15.0. The predicted octanol–water partition coefficient (Wildman–Crippen LogP) is 4.28. The summed E-state index contributed by atoms with van der Waals surface area (Å²) in [7, 11) is -3.66. The molecule has 0 saturated carbocycles. The van der Waals surface area contributed by atoms with E-state index in [0.29, 0.717) is 23.4 Å². The molecule has 0 aliphatic carbocycles. The van der Waals surface area contributed by atoms with Gasteiger partial charge in [0.25, 0.3) is 0 Å². The van der Waals surface area contributed by atoms with Crippen molar-refractivity contribution < 1.29 is 12.8 Å². The van der Waals surface area contributed by atoms with Crippen molar-refractivity contribution in [3.8, 4) is 0 Å². The van der Waals surface area contributed by atoms with Crippen molar-refractivity contribution in [3.63, 3.8) is 0 Å². The average molecular weight is 347 g/mol. The molecule has 24 heavy (non-hydrogen) atoms. The van der Waals surface area contributed by atoms with Crippen LogP contribution in [0.5, 0.6) is 0 Å². The number of hydrogen-bond acceptors (Lipinski definition) is 2. The van der Waals surface area contributed by atoms with Gasteiger partial charge in [0.05, 0.1) is 10.9 Å². The highest BCUT2D eigenvalue weighted by Crippen LogP contribution is 2.38. The lowest BCUT2D eigenvalue weighted by Crippen LogP contribution is -2.31. The Morgan fingerprint density at radius 1 is 1.04 bits per heavy atom. The molecule has 1 aliphatic heterocycles. The molecule has 0 N–H and O–H groups in total. The van der Waals surface area contributed by atoms with Crippen molar-refractivity contribution in [3.05, 3.63) is 64.5 Å². The minimum atomic E-state index is -3.66. The highest BCUT2D eigenvalue weighted by molar-refractivity contribution is 7.89. The first kappa shape index (κ1) is 17.1. The number of sulfonamides is 1. The first-order valence-corrected chi connectivity index (χ1v) is 9.60. The minimum absolute atomic E-state index is 0.328. The molecular weight excluding hydrogens is 325 g/mol. The van der Waals surface area contributed by atoms with Crippen LogP contribution in [0.15, 0.2) is 41.3 Å². The van der Waals surface area contributed by atoms with Crippen LogP contribution in [0.3, 0.4) is 0 Å². The van der Waals surface area contributed by atoms with Gasteiger partial charge < -0.3 is 0 Å². The Kier molecular flexibility index (Phi) is 4.49. The van der Waals surface area contributed by atoms with Crippen LogP contribution in [0, 0.1) is 26.6 Å². The van der Waals surface area contributed by atoms with Gasteiger partial charge in [-0.25, -0.2) is 12.8 Å². The molecule has 5 heteroatoms. The molecular formula is C19H22FNO2S. The normalized spacial score (nSPS) is 18.9. The minimum Gasteiger partial charge on any atom is -0.207 e. The Bertz CT molecular complexity index is 877. The van der Waals surface area contributed by atoms with Crippen molar-refractivity contribution in [2.45, 2.75) is 44.6 Å². The van der Waals surface area contributed by atoms with Gasteiger partial charge in [0.1, 0.15) is 5.82 Å². The van der Waals surface area contributed by atoms with Gasteiger partial charge in [-0.2, -0.15) is 4.31 Å². The van der Waals surface area contributed by atoms with Crippen LogP contribution in [0.1, 0.15) is 41.1 Å². The van der Waals surface area contributed by atoms with Gasteiger partial charge in [-0.1, -0.05) is 24.3 Å². The molecule has 1 unspecified atom stereocenters. The number of hydrogen-bond donors (Lipinski definition) is 0. The molecule has 1 fully saturated rings. The number of aryl methyl sites for hydroxylation is 3. The largest absolute Gasteiger partial charge is 0.243 e. The van der Waals surface area contributed by atoms with Crippen molar-refractivity contribution in [1.82, 2.24) is 4.31 Å². The fourth-order valence-corrected chi connectivity index (χ4v) is 5.39. The molecule has 2 aromatic rings. The third-order valence-corrected chi connectivity index (χ3v) is 6.90. The Hall–Kier alpha value is -1.72. The standard InChI is InChI=1S/C19H22FNO2S/c1-13-11-15(3)19(12-14(13)2)24(22,23)21-10-6-9-18(21)16-7-4-5-8-17(16)20/h4-5,7-8,11-12,18H,6,9-10H2,1-3H3. The first-order valence-electron chi connectivity index (χ1n) is 8.16. The summed E-state index contributed by atoms with van der Waals surface area (Å²) in [5.74, 6) is -0.346. The Balaban J connectivity index is 2.06. The van der Waals surface area contributed by atoms with Gasteiger partial charge in [-0.3, -0.25) is 0 Å². The molecule has 0 radical (unpaired) electrons. The van der Waals surface area contributed by atoms with Gasteiger partial charge in [0, 0.05) is 12.1 Å². The molecule has 2 aromatic carbocycles. The van der Waals surface area contributed by atoms with Gasteiger partial charge in [0.2, 0.25) is 10.0 Å².